The van der Waals surface area contributed by atoms with Gasteiger partial charge in [-0.1, -0.05) is 6.92 Å². The maximum atomic E-state index is 13.1. The molecule has 0 saturated carbocycles. The fourth-order valence-electron chi connectivity index (χ4n) is 2.13. The Morgan fingerprint density at radius 2 is 2.13 bits per heavy atom. The van der Waals surface area contributed by atoms with Crippen LogP contribution < -0.4 is 0 Å². The van der Waals surface area contributed by atoms with Crippen LogP contribution in [0.25, 0.3) is 0 Å². The second-order valence-corrected chi connectivity index (χ2v) is 6.10. The molecule has 1 aromatic heterocycles. The van der Waals surface area contributed by atoms with Crippen LogP contribution in [0.15, 0.2) is 22.0 Å². The zero-order valence-electron chi connectivity index (χ0n) is 11.8. The third kappa shape index (κ3) is 3.55. The van der Waals surface area contributed by atoms with E-state index >= 15 is 0 Å². The summed E-state index contributed by atoms with van der Waals surface area (Å²) in [5.74, 6) is -1.90. The maximum Gasteiger partial charge on any atom is 0.287 e. The predicted molar refractivity (Wildman–Crippen MR) is 74.9 cm³/mol. The van der Waals surface area contributed by atoms with Crippen molar-refractivity contribution in [2.75, 3.05) is 0 Å². The Labute approximate surface area is 136 Å². The molecule has 1 N–H and O–H groups in total. The number of aromatic nitrogens is 2. The van der Waals surface area contributed by atoms with E-state index in [-0.39, 0.29) is 11.6 Å². The third-order valence-corrected chi connectivity index (χ3v) is 3.74. The van der Waals surface area contributed by atoms with Gasteiger partial charge in [0.15, 0.2) is 0 Å². The molecule has 0 bridgehead atoms. The Morgan fingerprint density at radius 3 is 2.61 bits per heavy atom. The molecule has 0 aromatic carbocycles. The van der Waals surface area contributed by atoms with Crippen molar-refractivity contribution in [3.05, 3.63) is 16.9 Å². The van der Waals surface area contributed by atoms with E-state index in [4.69, 9.17) is 0 Å². The summed E-state index contributed by atoms with van der Waals surface area (Å²) in [5.41, 5.74) is -4.00. The molecule has 0 saturated heterocycles. The van der Waals surface area contributed by atoms with E-state index in [0.717, 1.165) is 0 Å². The molecule has 2 unspecified atom stereocenters. The van der Waals surface area contributed by atoms with Gasteiger partial charge in [-0.25, -0.2) is 17.6 Å². The van der Waals surface area contributed by atoms with E-state index < -0.39 is 42.5 Å². The fraction of sp³-hybridized carbons (Fsp3) is 0.583. The van der Waals surface area contributed by atoms with Crippen LogP contribution in [0.2, 0.25) is 0 Å². The largest absolute Gasteiger partial charge is 0.364 e. The minimum absolute atomic E-state index is 0.0137. The maximum absolute atomic E-state index is 13.1. The molecule has 23 heavy (non-hydrogen) atoms. The van der Waals surface area contributed by atoms with Crippen LogP contribution in [0.5, 0.6) is 0 Å². The lowest BCUT2D eigenvalue weighted by molar-refractivity contribution is -0.195. The lowest BCUT2D eigenvalue weighted by Crippen LogP contribution is -2.53. The summed E-state index contributed by atoms with van der Waals surface area (Å²) in [4.78, 5) is 12.3. The van der Waals surface area contributed by atoms with Gasteiger partial charge in [-0.3, -0.25) is 9.48 Å². The Bertz CT molecular complexity index is 624. The van der Waals surface area contributed by atoms with Gasteiger partial charge in [0.05, 0.1) is 23.1 Å². The van der Waals surface area contributed by atoms with Gasteiger partial charge in [0.2, 0.25) is 11.6 Å². The molecule has 6 nitrogen and oxygen atoms in total. The first-order valence-electron chi connectivity index (χ1n) is 6.53. The lowest BCUT2D eigenvalue weighted by atomic mass is 10.1. The molecule has 0 radical (unpaired) electrons. The summed E-state index contributed by atoms with van der Waals surface area (Å²) in [7, 11) is 0. The highest BCUT2D eigenvalue weighted by molar-refractivity contribution is 9.10. The number of alkyl halides is 4. The van der Waals surface area contributed by atoms with Crippen LogP contribution in [0.3, 0.4) is 0 Å². The normalized spacial score (nSPS) is 22.8. The zero-order valence-corrected chi connectivity index (χ0v) is 13.4. The number of amides is 1. The molecular formula is C12H13BrF4N4O2. The van der Waals surface area contributed by atoms with Crippen LogP contribution in [0.4, 0.5) is 17.6 Å². The first-order valence-corrected chi connectivity index (χ1v) is 7.32. The Kier molecular flexibility index (Phi) is 5.09. The van der Waals surface area contributed by atoms with Crippen molar-refractivity contribution >= 4 is 27.5 Å². The van der Waals surface area contributed by atoms with Crippen molar-refractivity contribution in [3.8, 4) is 0 Å². The molecule has 1 aliphatic rings. The minimum Gasteiger partial charge on any atom is -0.364 e. The Hall–Kier alpha value is -1.49. The predicted octanol–water partition coefficient (Wildman–Crippen LogP) is 2.09. The topological polar surface area (TPSA) is 70.7 Å². The van der Waals surface area contributed by atoms with E-state index in [9.17, 15) is 27.5 Å². The highest BCUT2D eigenvalue weighted by Crippen LogP contribution is 2.34. The first-order chi connectivity index (χ1) is 10.6. The summed E-state index contributed by atoms with van der Waals surface area (Å²) < 4.78 is 53.6. The number of nitrogens with zero attached hydrogens (tertiary/aromatic N) is 4. The monoisotopic (exact) mass is 400 g/mol. The molecule has 2 atom stereocenters. The van der Waals surface area contributed by atoms with Gasteiger partial charge in [-0.15, -0.1) is 0 Å². The van der Waals surface area contributed by atoms with Crippen molar-refractivity contribution in [1.82, 2.24) is 14.8 Å². The Morgan fingerprint density at radius 1 is 1.48 bits per heavy atom. The molecule has 128 valence electrons. The van der Waals surface area contributed by atoms with Gasteiger partial charge < -0.3 is 5.11 Å². The highest BCUT2D eigenvalue weighted by atomic mass is 79.9. The number of hydrogen-bond acceptors (Lipinski definition) is 4. The van der Waals surface area contributed by atoms with E-state index in [1.165, 1.54) is 17.8 Å². The molecule has 0 spiro atoms. The van der Waals surface area contributed by atoms with Crippen LogP contribution in [0, 0.1) is 5.92 Å². The number of hydrazone groups is 1. The van der Waals surface area contributed by atoms with Crippen molar-refractivity contribution in [2.24, 2.45) is 11.0 Å². The molecule has 1 aromatic rings. The van der Waals surface area contributed by atoms with Gasteiger partial charge in [-0.05, 0) is 15.9 Å². The van der Waals surface area contributed by atoms with Gasteiger partial charge in [-0.2, -0.15) is 15.2 Å². The van der Waals surface area contributed by atoms with Gasteiger partial charge in [0.1, 0.15) is 5.71 Å². The standard InChI is InChI=1S/C12H13BrF4N4O2/c1-6(4-20-5-7(13)3-18-20)10(22)21-12(23,11(16)17)2-8(19-21)9(14)15/h3,5-6,9,11,23H,2,4H2,1H3. The van der Waals surface area contributed by atoms with Crippen LogP contribution in [-0.2, 0) is 11.3 Å². The van der Waals surface area contributed by atoms with Crippen molar-refractivity contribution in [1.29, 1.82) is 0 Å². The highest BCUT2D eigenvalue weighted by Gasteiger charge is 2.53. The summed E-state index contributed by atoms with van der Waals surface area (Å²) in [6.45, 7) is 1.42. The summed E-state index contributed by atoms with van der Waals surface area (Å²) in [5, 5.41) is 17.1. The van der Waals surface area contributed by atoms with E-state index in [1.807, 2.05) is 0 Å². The average molecular weight is 401 g/mol. The lowest BCUT2D eigenvalue weighted by Gasteiger charge is -2.31. The molecule has 2 rings (SSSR count). The van der Waals surface area contributed by atoms with Gasteiger partial charge in [0, 0.05) is 12.6 Å². The van der Waals surface area contributed by atoms with Crippen LogP contribution in [-0.4, -0.2) is 50.1 Å². The average Bonchev–Trinajstić information content (AvgIpc) is 3.02. The summed E-state index contributed by atoms with van der Waals surface area (Å²) >= 11 is 3.16. The summed E-state index contributed by atoms with van der Waals surface area (Å²) in [6.07, 6.45) is -4.63. The number of carbonyl (C=O) groups excluding carboxylic acids is 1. The molecule has 1 aliphatic heterocycles. The number of hydrogen-bond donors (Lipinski definition) is 1. The molecule has 0 fully saturated rings. The van der Waals surface area contributed by atoms with Crippen LogP contribution in [0.1, 0.15) is 13.3 Å². The molecule has 11 heteroatoms. The summed E-state index contributed by atoms with van der Waals surface area (Å²) in [6, 6.07) is 0. The van der Waals surface area contributed by atoms with E-state index in [1.54, 1.807) is 6.20 Å². The molecule has 0 aliphatic carbocycles. The number of carbonyl (C=O) groups is 1. The number of aliphatic hydroxyl groups is 1. The fourth-order valence-corrected chi connectivity index (χ4v) is 2.46. The molecule has 1 amide bonds. The number of rotatable bonds is 5. The van der Waals surface area contributed by atoms with Gasteiger partial charge >= 0.3 is 0 Å². The van der Waals surface area contributed by atoms with Crippen molar-refractivity contribution in [2.45, 2.75) is 38.5 Å². The second kappa shape index (κ2) is 6.56. The van der Waals surface area contributed by atoms with Gasteiger partial charge in [0.25, 0.3) is 12.9 Å². The second-order valence-electron chi connectivity index (χ2n) is 5.18. The van der Waals surface area contributed by atoms with E-state index in [0.29, 0.717) is 4.47 Å². The minimum atomic E-state index is -3.43. The SMILES string of the molecule is CC(Cn1cc(Br)cn1)C(=O)N1N=C(C(F)F)CC1(O)C(F)F. The number of halogens is 5. The molecular weight excluding hydrogens is 388 g/mol. The molecule has 2 heterocycles. The third-order valence-electron chi connectivity index (χ3n) is 3.33. The van der Waals surface area contributed by atoms with Crippen LogP contribution >= 0.6 is 15.9 Å². The quantitative estimate of drug-likeness (QED) is 0.769. The zero-order chi connectivity index (χ0) is 17.4. The van der Waals surface area contributed by atoms with Crippen molar-refractivity contribution in [3.63, 3.8) is 0 Å². The van der Waals surface area contributed by atoms with Crippen molar-refractivity contribution < 1.29 is 27.5 Å². The smallest absolute Gasteiger partial charge is 0.287 e. The first kappa shape index (κ1) is 17.9. The Balaban J connectivity index is 2.20. The van der Waals surface area contributed by atoms with E-state index in [2.05, 4.69) is 26.1 Å².